The van der Waals surface area contributed by atoms with Crippen LogP contribution in [0.3, 0.4) is 0 Å². The van der Waals surface area contributed by atoms with Crippen molar-refractivity contribution in [3.05, 3.63) is 64.5 Å². The van der Waals surface area contributed by atoms with Crippen LogP contribution in [0.2, 0.25) is 0 Å². The minimum Gasteiger partial charge on any atom is -0.298 e. The SMILES string of the molecule is C[C@H]1CCCCN1S(=O)(=O)c1ccc(C(=O)Nc2nc(-c3ccc4c(c3)CCCC4)cs2)cc1. The summed E-state index contributed by atoms with van der Waals surface area (Å²) in [6, 6.07) is 12.7. The summed E-state index contributed by atoms with van der Waals surface area (Å²) in [4.78, 5) is 17.6. The van der Waals surface area contributed by atoms with Gasteiger partial charge in [0.1, 0.15) is 0 Å². The highest BCUT2D eigenvalue weighted by Crippen LogP contribution is 2.30. The van der Waals surface area contributed by atoms with Crippen molar-refractivity contribution in [1.82, 2.24) is 9.29 Å². The van der Waals surface area contributed by atoms with E-state index in [1.807, 2.05) is 12.3 Å². The topological polar surface area (TPSA) is 79.4 Å². The molecule has 0 saturated carbocycles. The number of piperidine rings is 1. The molecule has 3 aromatic rings. The van der Waals surface area contributed by atoms with Crippen molar-refractivity contribution in [3.8, 4) is 11.3 Å². The molecule has 0 spiro atoms. The molecule has 8 heteroatoms. The number of carbonyl (C=O) groups is 1. The average molecular weight is 496 g/mol. The molecule has 5 rings (SSSR count). The van der Waals surface area contributed by atoms with E-state index in [4.69, 9.17) is 0 Å². The number of sulfonamides is 1. The van der Waals surface area contributed by atoms with Crippen LogP contribution in [0, 0.1) is 0 Å². The Kier molecular flexibility index (Phi) is 6.55. The zero-order chi connectivity index (χ0) is 23.7. The van der Waals surface area contributed by atoms with Gasteiger partial charge in [0.15, 0.2) is 5.13 Å². The Morgan fingerprint density at radius 3 is 2.56 bits per heavy atom. The lowest BCUT2D eigenvalue weighted by atomic mass is 9.90. The third-order valence-electron chi connectivity index (χ3n) is 6.83. The lowest BCUT2D eigenvalue weighted by Gasteiger charge is -2.32. The number of thiazole rings is 1. The van der Waals surface area contributed by atoms with E-state index in [0.717, 1.165) is 43.4 Å². The standard InChI is InChI=1S/C26H29N3O3S2/c1-18-6-4-5-15-29(18)34(31,32)23-13-11-20(12-14-23)25(30)28-26-27-24(17-33-26)22-10-9-19-7-2-3-8-21(19)16-22/h9-14,16-18H,2-8,15H2,1H3,(H,27,28,30)/t18-/m0/s1. The maximum atomic E-state index is 13.0. The molecular formula is C26H29N3O3S2. The largest absolute Gasteiger partial charge is 0.298 e. The van der Waals surface area contributed by atoms with Gasteiger partial charge in [-0.15, -0.1) is 11.3 Å². The van der Waals surface area contributed by atoms with Crippen LogP contribution in [0.4, 0.5) is 5.13 Å². The van der Waals surface area contributed by atoms with Crippen LogP contribution in [0.1, 0.15) is 60.5 Å². The number of carbonyl (C=O) groups excluding carboxylic acids is 1. The number of hydrogen-bond acceptors (Lipinski definition) is 5. The molecule has 2 aromatic carbocycles. The van der Waals surface area contributed by atoms with Gasteiger partial charge >= 0.3 is 0 Å². The normalized spacial score (nSPS) is 18.9. The number of benzene rings is 2. The molecule has 6 nitrogen and oxygen atoms in total. The second-order valence-electron chi connectivity index (χ2n) is 9.17. The molecule has 2 aliphatic rings. The summed E-state index contributed by atoms with van der Waals surface area (Å²) in [6.45, 7) is 2.49. The highest BCUT2D eigenvalue weighted by atomic mass is 32.2. The van der Waals surface area contributed by atoms with Crippen molar-refractivity contribution >= 4 is 32.4 Å². The molecule has 1 amide bonds. The van der Waals surface area contributed by atoms with Gasteiger partial charge in [-0.1, -0.05) is 18.6 Å². The predicted molar refractivity (Wildman–Crippen MR) is 136 cm³/mol. The lowest BCUT2D eigenvalue weighted by Crippen LogP contribution is -2.41. The number of aryl methyl sites for hydroxylation is 2. The first kappa shape index (κ1) is 23.2. The van der Waals surface area contributed by atoms with Crippen molar-refractivity contribution in [2.45, 2.75) is 62.8 Å². The van der Waals surface area contributed by atoms with Gasteiger partial charge in [-0.25, -0.2) is 13.4 Å². The molecule has 0 bridgehead atoms. The Bertz CT molecular complexity index is 1300. The number of hydrogen-bond donors (Lipinski definition) is 1. The molecular weight excluding hydrogens is 466 g/mol. The quantitative estimate of drug-likeness (QED) is 0.507. The van der Waals surface area contributed by atoms with Crippen molar-refractivity contribution < 1.29 is 13.2 Å². The van der Waals surface area contributed by atoms with Crippen LogP contribution >= 0.6 is 11.3 Å². The maximum Gasteiger partial charge on any atom is 0.257 e. The lowest BCUT2D eigenvalue weighted by molar-refractivity contribution is 0.102. The highest BCUT2D eigenvalue weighted by Gasteiger charge is 2.31. The van der Waals surface area contributed by atoms with Crippen molar-refractivity contribution in [3.63, 3.8) is 0 Å². The van der Waals surface area contributed by atoms with Crippen LogP contribution in [-0.4, -0.2) is 36.2 Å². The van der Waals surface area contributed by atoms with Gasteiger partial charge in [0.25, 0.3) is 5.91 Å². The number of rotatable bonds is 5. The van der Waals surface area contributed by atoms with Crippen molar-refractivity contribution in [2.75, 3.05) is 11.9 Å². The summed E-state index contributed by atoms with van der Waals surface area (Å²) in [7, 11) is -3.56. The molecule has 1 fully saturated rings. The van der Waals surface area contributed by atoms with Crippen LogP contribution in [0.25, 0.3) is 11.3 Å². The Hall–Kier alpha value is -2.55. The number of aromatic nitrogens is 1. The summed E-state index contributed by atoms with van der Waals surface area (Å²) >= 11 is 1.39. The van der Waals surface area contributed by atoms with Gasteiger partial charge in [-0.2, -0.15) is 4.31 Å². The van der Waals surface area contributed by atoms with Crippen molar-refractivity contribution in [2.24, 2.45) is 0 Å². The Balaban J connectivity index is 1.28. The number of anilines is 1. The zero-order valence-electron chi connectivity index (χ0n) is 19.3. The van der Waals surface area contributed by atoms with Crippen LogP contribution < -0.4 is 5.32 Å². The molecule has 1 aromatic heterocycles. The molecule has 178 valence electrons. The van der Waals surface area contributed by atoms with Crippen LogP contribution in [0.15, 0.2) is 52.7 Å². The first-order valence-corrected chi connectivity index (χ1v) is 14.2. The summed E-state index contributed by atoms with van der Waals surface area (Å²) in [5, 5.41) is 5.33. The number of nitrogens with one attached hydrogen (secondary N) is 1. The van der Waals surface area contributed by atoms with Gasteiger partial charge in [-0.3, -0.25) is 10.1 Å². The average Bonchev–Trinajstić information content (AvgIpc) is 3.32. The number of fused-ring (bicyclic) bond motifs is 1. The number of amides is 1. The molecule has 34 heavy (non-hydrogen) atoms. The fraction of sp³-hybridized carbons (Fsp3) is 0.385. The maximum absolute atomic E-state index is 13.0. The fourth-order valence-electron chi connectivity index (χ4n) is 4.87. The van der Waals surface area contributed by atoms with Gasteiger partial charge in [0.2, 0.25) is 10.0 Å². The summed E-state index contributed by atoms with van der Waals surface area (Å²) in [6.07, 6.45) is 7.55. The molecule has 1 saturated heterocycles. The third-order valence-corrected chi connectivity index (χ3v) is 9.62. The van der Waals surface area contributed by atoms with Crippen LogP contribution in [-0.2, 0) is 22.9 Å². The summed E-state index contributed by atoms with van der Waals surface area (Å²) in [5.74, 6) is -0.304. The first-order chi connectivity index (χ1) is 16.4. The van der Waals surface area contributed by atoms with Crippen LogP contribution in [0.5, 0.6) is 0 Å². The third kappa shape index (κ3) is 4.67. The zero-order valence-corrected chi connectivity index (χ0v) is 20.9. The van der Waals surface area contributed by atoms with E-state index >= 15 is 0 Å². The second kappa shape index (κ2) is 9.60. The molecule has 0 radical (unpaired) electrons. The Labute approximate surface area is 205 Å². The van der Waals surface area contributed by atoms with E-state index < -0.39 is 10.0 Å². The molecule has 1 N–H and O–H groups in total. The van der Waals surface area contributed by atoms with Gasteiger partial charge in [0.05, 0.1) is 10.6 Å². The second-order valence-corrected chi connectivity index (χ2v) is 11.9. The molecule has 1 aliphatic heterocycles. The van der Waals surface area contributed by atoms with E-state index in [-0.39, 0.29) is 16.8 Å². The number of nitrogens with zero attached hydrogens (tertiary/aromatic N) is 2. The van der Waals surface area contributed by atoms with Gasteiger partial charge < -0.3 is 0 Å². The van der Waals surface area contributed by atoms with E-state index in [1.165, 1.54) is 47.4 Å². The molecule has 2 heterocycles. The summed E-state index contributed by atoms with van der Waals surface area (Å²) in [5.41, 5.74) is 5.15. The summed E-state index contributed by atoms with van der Waals surface area (Å²) < 4.78 is 27.6. The monoisotopic (exact) mass is 495 g/mol. The first-order valence-electron chi connectivity index (χ1n) is 11.9. The van der Waals surface area contributed by atoms with E-state index in [0.29, 0.717) is 17.2 Å². The van der Waals surface area contributed by atoms with E-state index in [1.54, 1.807) is 16.4 Å². The smallest absolute Gasteiger partial charge is 0.257 e. The molecule has 1 aliphatic carbocycles. The van der Waals surface area contributed by atoms with E-state index in [2.05, 4.69) is 28.5 Å². The highest BCUT2D eigenvalue weighted by molar-refractivity contribution is 7.89. The molecule has 0 unspecified atom stereocenters. The van der Waals surface area contributed by atoms with Gasteiger partial charge in [-0.05, 0) is 86.9 Å². The van der Waals surface area contributed by atoms with E-state index in [9.17, 15) is 13.2 Å². The Morgan fingerprint density at radius 1 is 1.03 bits per heavy atom. The fourth-order valence-corrected chi connectivity index (χ4v) is 7.28. The van der Waals surface area contributed by atoms with Crippen molar-refractivity contribution in [1.29, 1.82) is 0 Å². The minimum absolute atomic E-state index is 0.00376. The predicted octanol–water partition coefficient (Wildman–Crippen LogP) is 5.50. The Morgan fingerprint density at radius 2 is 1.79 bits per heavy atom. The molecule has 1 atom stereocenters. The van der Waals surface area contributed by atoms with Gasteiger partial charge in [0, 0.05) is 29.1 Å². The minimum atomic E-state index is -3.56.